The van der Waals surface area contributed by atoms with E-state index in [9.17, 15) is 18.4 Å². The number of benzene rings is 2. The van der Waals surface area contributed by atoms with Crippen LogP contribution < -0.4 is 0 Å². The normalized spacial score (nSPS) is 10.9. The lowest BCUT2D eigenvalue weighted by Gasteiger charge is -2.23. The molecule has 0 aliphatic heterocycles. The summed E-state index contributed by atoms with van der Waals surface area (Å²) in [6, 6.07) is 12.7. The number of nitrogens with zero attached hydrogens (tertiary/aromatic N) is 3. The maximum Gasteiger partial charge on any atom is 0.354 e. The van der Waals surface area contributed by atoms with Crippen molar-refractivity contribution >= 4 is 34.2 Å². The van der Waals surface area contributed by atoms with Gasteiger partial charge in [-0.05, 0) is 23.8 Å². The lowest BCUT2D eigenvalue weighted by atomic mass is 10.1. The number of amides is 1. The fraction of sp³-hybridized carbons (Fsp3) is 0.0833. The number of pyridine rings is 2. The van der Waals surface area contributed by atoms with Crippen molar-refractivity contribution in [2.45, 2.75) is 13.1 Å². The molecule has 4 aromatic rings. The molecule has 0 bridgehead atoms. The molecule has 0 unspecified atom stereocenters. The molecule has 0 saturated carbocycles. The molecule has 2 aromatic heterocycles. The summed E-state index contributed by atoms with van der Waals surface area (Å²) in [5.74, 6) is -3.60. The fourth-order valence-corrected chi connectivity index (χ4v) is 3.67. The Balaban J connectivity index is 1.71. The number of hydrogen-bond donors (Lipinski definition) is 1. The molecule has 1 N–H and O–H groups in total. The Morgan fingerprint density at radius 1 is 0.939 bits per heavy atom. The monoisotopic (exact) mass is 467 g/mol. The number of aromatic nitrogens is 2. The van der Waals surface area contributed by atoms with Gasteiger partial charge in [0.2, 0.25) is 0 Å². The van der Waals surface area contributed by atoms with Gasteiger partial charge in [-0.15, -0.1) is 0 Å². The fourth-order valence-electron chi connectivity index (χ4n) is 3.38. The van der Waals surface area contributed by atoms with Gasteiger partial charge in [-0.1, -0.05) is 41.9 Å². The number of carbonyl (C=O) groups excluding carboxylic acids is 1. The van der Waals surface area contributed by atoms with Gasteiger partial charge in [-0.25, -0.2) is 18.6 Å². The highest BCUT2D eigenvalue weighted by molar-refractivity contribution is 6.36. The minimum Gasteiger partial charge on any atom is -0.477 e. The van der Waals surface area contributed by atoms with Gasteiger partial charge in [-0.3, -0.25) is 9.78 Å². The minimum atomic E-state index is -1.18. The van der Waals surface area contributed by atoms with Gasteiger partial charge < -0.3 is 10.0 Å². The summed E-state index contributed by atoms with van der Waals surface area (Å²) in [5.41, 5.74) is 0.584. The Kier molecular flexibility index (Phi) is 6.28. The van der Waals surface area contributed by atoms with Gasteiger partial charge in [0.1, 0.15) is 17.3 Å². The number of hydrogen-bond acceptors (Lipinski definition) is 4. The lowest BCUT2D eigenvalue weighted by Crippen LogP contribution is -2.31. The summed E-state index contributed by atoms with van der Waals surface area (Å²) in [7, 11) is 0. The Morgan fingerprint density at radius 3 is 2.33 bits per heavy atom. The zero-order valence-corrected chi connectivity index (χ0v) is 17.8. The van der Waals surface area contributed by atoms with Crippen molar-refractivity contribution < 1.29 is 23.5 Å². The van der Waals surface area contributed by atoms with Crippen molar-refractivity contribution in [3.8, 4) is 0 Å². The molecular formula is C24H16ClF2N3O3. The van der Waals surface area contributed by atoms with E-state index in [2.05, 4.69) is 9.97 Å². The predicted octanol–water partition coefficient (Wildman–Crippen LogP) is 5.10. The summed E-state index contributed by atoms with van der Waals surface area (Å²) >= 11 is 6.55. The lowest BCUT2D eigenvalue weighted by molar-refractivity contribution is 0.0686. The van der Waals surface area contributed by atoms with Gasteiger partial charge in [0.25, 0.3) is 5.91 Å². The van der Waals surface area contributed by atoms with Gasteiger partial charge in [0.05, 0.1) is 17.3 Å². The van der Waals surface area contributed by atoms with E-state index in [0.717, 1.165) is 22.9 Å². The zero-order chi connectivity index (χ0) is 23.5. The molecule has 2 aromatic carbocycles. The standard InChI is InChI=1S/C24H16ClF2N3O3/c25-22-19-4-2-1-3-15(19)11-29-21(22)13-30(12-14-5-6-20(24(32)33)28-10-14)23(31)16-7-17(26)9-18(27)8-16/h1-11H,12-13H2,(H,32,33). The molecule has 1 amide bonds. The minimum absolute atomic E-state index is 0.0191. The number of rotatable bonds is 6. The number of carboxylic acid groups (broad SMARTS) is 1. The SMILES string of the molecule is O=C(O)c1ccc(CN(Cc2ncc3ccccc3c2Cl)C(=O)c2cc(F)cc(F)c2)cn1. The van der Waals surface area contributed by atoms with Gasteiger partial charge >= 0.3 is 5.97 Å². The molecule has 0 aliphatic carbocycles. The van der Waals surface area contributed by atoms with Crippen LogP contribution in [-0.4, -0.2) is 31.9 Å². The molecular weight excluding hydrogens is 452 g/mol. The molecule has 0 aliphatic rings. The van der Waals surface area contributed by atoms with Crippen LogP contribution in [0.15, 0.2) is 67.0 Å². The Bertz CT molecular complexity index is 1340. The molecule has 0 spiro atoms. The first kappa shape index (κ1) is 22.3. The maximum atomic E-state index is 13.8. The Morgan fingerprint density at radius 2 is 1.67 bits per heavy atom. The highest BCUT2D eigenvalue weighted by atomic mass is 35.5. The Hall–Kier alpha value is -3.91. The summed E-state index contributed by atoms with van der Waals surface area (Å²) in [5, 5.41) is 11.0. The zero-order valence-electron chi connectivity index (χ0n) is 17.0. The molecule has 166 valence electrons. The van der Waals surface area contributed by atoms with Gasteiger partial charge in [-0.2, -0.15) is 0 Å². The molecule has 0 radical (unpaired) electrons. The van der Waals surface area contributed by atoms with Crippen LogP contribution in [0, 0.1) is 11.6 Å². The molecule has 4 rings (SSSR count). The second kappa shape index (κ2) is 9.30. The molecule has 0 fully saturated rings. The van der Waals surface area contributed by atoms with Crippen molar-refractivity contribution in [2.24, 2.45) is 0 Å². The van der Waals surface area contributed by atoms with E-state index in [-0.39, 0.29) is 24.3 Å². The first-order chi connectivity index (χ1) is 15.8. The summed E-state index contributed by atoms with van der Waals surface area (Å²) in [4.78, 5) is 33.8. The van der Waals surface area contributed by atoms with Crippen LogP contribution >= 0.6 is 11.6 Å². The third-order valence-corrected chi connectivity index (χ3v) is 5.39. The highest BCUT2D eigenvalue weighted by Gasteiger charge is 2.21. The van der Waals surface area contributed by atoms with E-state index in [4.69, 9.17) is 16.7 Å². The van der Waals surface area contributed by atoms with E-state index < -0.39 is 23.5 Å². The number of halogens is 3. The molecule has 9 heteroatoms. The molecule has 33 heavy (non-hydrogen) atoms. The smallest absolute Gasteiger partial charge is 0.354 e. The largest absolute Gasteiger partial charge is 0.477 e. The Labute approximate surface area is 192 Å². The van der Waals surface area contributed by atoms with Crippen molar-refractivity contribution in [2.75, 3.05) is 0 Å². The third kappa shape index (κ3) is 4.96. The van der Waals surface area contributed by atoms with Crippen LogP contribution in [0.5, 0.6) is 0 Å². The number of fused-ring (bicyclic) bond motifs is 1. The summed E-state index contributed by atoms with van der Waals surface area (Å²) in [6.07, 6.45) is 2.95. The van der Waals surface area contributed by atoms with Gasteiger partial charge in [0, 0.05) is 41.3 Å². The van der Waals surface area contributed by atoms with E-state index in [1.165, 1.54) is 23.2 Å². The van der Waals surface area contributed by atoms with Crippen LogP contribution in [-0.2, 0) is 13.1 Å². The van der Waals surface area contributed by atoms with Crippen molar-refractivity contribution in [3.63, 3.8) is 0 Å². The van der Waals surface area contributed by atoms with E-state index in [1.807, 2.05) is 24.3 Å². The second-order valence-corrected chi connectivity index (χ2v) is 7.66. The van der Waals surface area contributed by atoms with Crippen LogP contribution in [0.25, 0.3) is 10.8 Å². The third-order valence-electron chi connectivity index (χ3n) is 4.96. The molecule has 0 atom stereocenters. The van der Waals surface area contributed by atoms with Crippen molar-refractivity contribution in [1.29, 1.82) is 0 Å². The number of carbonyl (C=O) groups is 2. The molecule has 2 heterocycles. The summed E-state index contributed by atoms with van der Waals surface area (Å²) < 4.78 is 27.5. The van der Waals surface area contributed by atoms with Crippen molar-refractivity contribution in [3.05, 3.63) is 106 Å². The second-order valence-electron chi connectivity index (χ2n) is 7.28. The van der Waals surface area contributed by atoms with Crippen molar-refractivity contribution in [1.82, 2.24) is 14.9 Å². The molecule has 0 saturated heterocycles. The van der Waals surface area contributed by atoms with Gasteiger partial charge in [0.15, 0.2) is 0 Å². The topological polar surface area (TPSA) is 83.4 Å². The van der Waals surface area contributed by atoms with Crippen LogP contribution in [0.2, 0.25) is 5.02 Å². The predicted molar refractivity (Wildman–Crippen MR) is 118 cm³/mol. The molecule has 6 nitrogen and oxygen atoms in total. The van der Waals surface area contributed by atoms with E-state index >= 15 is 0 Å². The highest BCUT2D eigenvalue weighted by Crippen LogP contribution is 2.27. The summed E-state index contributed by atoms with van der Waals surface area (Å²) in [6.45, 7) is -0.0734. The van der Waals surface area contributed by atoms with Crippen LogP contribution in [0.1, 0.15) is 32.1 Å². The average Bonchev–Trinajstić information content (AvgIpc) is 2.79. The van der Waals surface area contributed by atoms with Crippen LogP contribution in [0.4, 0.5) is 8.78 Å². The maximum absolute atomic E-state index is 13.8. The first-order valence-corrected chi connectivity index (χ1v) is 10.2. The number of aromatic carboxylic acids is 1. The van der Waals surface area contributed by atoms with E-state index in [0.29, 0.717) is 22.3 Å². The van der Waals surface area contributed by atoms with E-state index in [1.54, 1.807) is 6.20 Å². The average molecular weight is 468 g/mol. The first-order valence-electron chi connectivity index (χ1n) is 9.77. The number of carboxylic acids is 1. The quantitative estimate of drug-likeness (QED) is 0.426. The van der Waals surface area contributed by atoms with Crippen LogP contribution in [0.3, 0.4) is 0 Å².